The topological polar surface area (TPSA) is 43.1 Å². The summed E-state index contributed by atoms with van der Waals surface area (Å²) in [7, 11) is 0. The molecule has 16 heavy (non-hydrogen) atoms. The number of hydrogen-bond donors (Lipinski definition) is 0. The Morgan fingerprint density at radius 2 is 2.12 bits per heavy atom. The Labute approximate surface area is 94.5 Å². The van der Waals surface area contributed by atoms with E-state index >= 15 is 0 Å². The molecule has 0 fully saturated rings. The van der Waals surface area contributed by atoms with Crippen LogP contribution in [0.3, 0.4) is 0 Å². The largest absolute Gasteiger partial charge is 0.440 e. The molecule has 0 saturated heterocycles. The highest BCUT2D eigenvalue weighted by Crippen LogP contribution is 2.15. The Morgan fingerprint density at radius 1 is 1.38 bits per heavy atom. The zero-order chi connectivity index (χ0) is 11.5. The number of fused-ring (bicyclic) bond motifs is 1. The van der Waals surface area contributed by atoms with E-state index in [1.807, 2.05) is 38.1 Å². The van der Waals surface area contributed by atoms with E-state index in [-0.39, 0.29) is 5.78 Å². The van der Waals surface area contributed by atoms with Gasteiger partial charge in [0.1, 0.15) is 11.3 Å². The lowest BCUT2D eigenvalue weighted by molar-refractivity contribution is -0.119. The molecule has 0 spiro atoms. The third-order valence-electron chi connectivity index (χ3n) is 2.32. The fourth-order valence-electron chi connectivity index (χ4n) is 1.69. The number of hydrogen-bond acceptors (Lipinski definition) is 3. The normalized spacial score (nSPS) is 11.2. The maximum atomic E-state index is 11.6. The van der Waals surface area contributed by atoms with Crippen LogP contribution in [0.1, 0.15) is 26.2 Å². The van der Waals surface area contributed by atoms with Gasteiger partial charge < -0.3 is 4.42 Å². The second-order valence-corrected chi connectivity index (χ2v) is 4.39. The van der Waals surface area contributed by atoms with Crippen molar-refractivity contribution in [2.45, 2.75) is 26.7 Å². The number of carbonyl (C=O) groups is 1. The van der Waals surface area contributed by atoms with Crippen LogP contribution in [0.15, 0.2) is 28.7 Å². The van der Waals surface area contributed by atoms with E-state index in [4.69, 9.17) is 4.42 Å². The van der Waals surface area contributed by atoms with Gasteiger partial charge in [-0.2, -0.15) is 0 Å². The summed E-state index contributed by atoms with van der Waals surface area (Å²) in [4.78, 5) is 15.9. The first kappa shape index (κ1) is 10.9. The summed E-state index contributed by atoms with van der Waals surface area (Å²) < 4.78 is 5.49. The van der Waals surface area contributed by atoms with Crippen LogP contribution in [0.25, 0.3) is 11.1 Å². The van der Waals surface area contributed by atoms with Crippen molar-refractivity contribution in [2.75, 3.05) is 0 Å². The Bertz CT molecular complexity index is 466. The molecule has 0 saturated carbocycles. The van der Waals surface area contributed by atoms with Gasteiger partial charge in [0.15, 0.2) is 5.58 Å². The van der Waals surface area contributed by atoms with E-state index in [0.717, 1.165) is 11.1 Å². The number of ketones is 1. The van der Waals surface area contributed by atoms with Crippen LogP contribution in [-0.4, -0.2) is 10.8 Å². The summed E-state index contributed by atoms with van der Waals surface area (Å²) >= 11 is 0. The molecule has 0 atom stereocenters. The maximum Gasteiger partial charge on any atom is 0.202 e. The van der Waals surface area contributed by atoms with Gasteiger partial charge in [0.05, 0.1) is 6.42 Å². The quantitative estimate of drug-likeness (QED) is 0.790. The molecule has 1 aromatic heterocycles. The standard InChI is InChI=1S/C13H15NO2/c1-9(2)7-10(15)8-13-14-11-5-3-4-6-12(11)16-13/h3-6,9H,7-8H2,1-2H3. The molecule has 2 rings (SSSR count). The molecule has 0 amide bonds. The minimum Gasteiger partial charge on any atom is -0.440 e. The first-order chi connectivity index (χ1) is 7.65. The number of para-hydroxylation sites is 2. The Morgan fingerprint density at radius 3 is 2.81 bits per heavy atom. The average Bonchev–Trinajstić information content (AvgIpc) is 2.57. The summed E-state index contributed by atoms with van der Waals surface area (Å²) in [5, 5.41) is 0. The van der Waals surface area contributed by atoms with Gasteiger partial charge in [-0.1, -0.05) is 26.0 Å². The monoisotopic (exact) mass is 217 g/mol. The SMILES string of the molecule is CC(C)CC(=O)Cc1nc2ccccc2o1. The van der Waals surface area contributed by atoms with E-state index in [1.165, 1.54) is 0 Å². The van der Waals surface area contributed by atoms with Crippen molar-refractivity contribution < 1.29 is 9.21 Å². The van der Waals surface area contributed by atoms with Crippen molar-refractivity contribution in [2.24, 2.45) is 5.92 Å². The van der Waals surface area contributed by atoms with Crippen LogP contribution < -0.4 is 0 Å². The molecule has 3 nitrogen and oxygen atoms in total. The van der Waals surface area contributed by atoms with Crippen LogP contribution in [-0.2, 0) is 11.2 Å². The second-order valence-electron chi connectivity index (χ2n) is 4.39. The van der Waals surface area contributed by atoms with E-state index in [9.17, 15) is 4.79 Å². The third-order valence-corrected chi connectivity index (χ3v) is 2.32. The number of Topliss-reactive ketones (excluding diaryl/α,β-unsaturated/α-hetero) is 1. The van der Waals surface area contributed by atoms with Crippen molar-refractivity contribution in [1.29, 1.82) is 0 Å². The maximum absolute atomic E-state index is 11.6. The molecule has 1 aromatic carbocycles. The molecular formula is C13H15NO2. The molecule has 0 aliphatic carbocycles. The predicted molar refractivity (Wildman–Crippen MR) is 62.2 cm³/mol. The lowest BCUT2D eigenvalue weighted by atomic mass is 10.1. The predicted octanol–water partition coefficient (Wildman–Crippen LogP) is 2.99. The number of oxazole rings is 1. The fourth-order valence-corrected chi connectivity index (χ4v) is 1.69. The van der Waals surface area contributed by atoms with Gasteiger partial charge in [-0.15, -0.1) is 0 Å². The molecule has 0 aliphatic heterocycles. The van der Waals surface area contributed by atoms with Crippen LogP contribution >= 0.6 is 0 Å². The fraction of sp³-hybridized carbons (Fsp3) is 0.385. The lowest BCUT2D eigenvalue weighted by Gasteiger charge is -2.00. The van der Waals surface area contributed by atoms with Crippen LogP contribution in [0.5, 0.6) is 0 Å². The molecular weight excluding hydrogens is 202 g/mol. The van der Waals surface area contributed by atoms with E-state index < -0.39 is 0 Å². The highest BCUT2D eigenvalue weighted by molar-refractivity contribution is 5.81. The van der Waals surface area contributed by atoms with Crippen molar-refractivity contribution >= 4 is 16.9 Å². The Hall–Kier alpha value is -1.64. The van der Waals surface area contributed by atoms with Crippen LogP contribution in [0, 0.1) is 5.92 Å². The summed E-state index contributed by atoms with van der Waals surface area (Å²) in [5.41, 5.74) is 1.56. The average molecular weight is 217 g/mol. The number of benzene rings is 1. The number of nitrogens with zero attached hydrogens (tertiary/aromatic N) is 1. The van der Waals surface area contributed by atoms with Gasteiger partial charge >= 0.3 is 0 Å². The van der Waals surface area contributed by atoms with Crippen molar-refractivity contribution in [1.82, 2.24) is 4.98 Å². The zero-order valence-electron chi connectivity index (χ0n) is 9.56. The molecule has 0 radical (unpaired) electrons. The van der Waals surface area contributed by atoms with Crippen LogP contribution in [0.4, 0.5) is 0 Å². The minimum atomic E-state index is 0.182. The molecule has 1 heterocycles. The number of aromatic nitrogens is 1. The highest BCUT2D eigenvalue weighted by atomic mass is 16.3. The summed E-state index contributed by atoms with van der Waals surface area (Å²) in [6, 6.07) is 7.55. The van der Waals surface area contributed by atoms with Gasteiger partial charge in [-0.3, -0.25) is 4.79 Å². The molecule has 0 N–H and O–H groups in total. The van der Waals surface area contributed by atoms with E-state index in [0.29, 0.717) is 24.7 Å². The first-order valence-corrected chi connectivity index (χ1v) is 5.51. The molecule has 0 unspecified atom stereocenters. The second kappa shape index (κ2) is 4.47. The molecule has 2 aromatic rings. The van der Waals surface area contributed by atoms with E-state index in [1.54, 1.807) is 0 Å². The molecule has 0 aliphatic rings. The zero-order valence-corrected chi connectivity index (χ0v) is 9.56. The third kappa shape index (κ3) is 2.48. The van der Waals surface area contributed by atoms with Crippen molar-refractivity contribution in [3.8, 4) is 0 Å². The Kier molecular flexibility index (Phi) is 3.04. The lowest BCUT2D eigenvalue weighted by Crippen LogP contribution is -2.06. The van der Waals surface area contributed by atoms with E-state index in [2.05, 4.69) is 4.98 Å². The summed E-state index contributed by atoms with van der Waals surface area (Å²) in [6.07, 6.45) is 0.881. The van der Waals surface area contributed by atoms with Gasteiger partial charge in [-0.05, 0) is 18.1 Å². The van der Waals surface area contributed by atoms with Gasteiger partial charge in [0.25, 0.3) is 0 Å². The number of carbonyl (C=O) groups excluding carboxylic acids is 1. The summed E-state index contributed by atoms with van der Waals surface area (Å²) in [5.74, 6) is 1.09. The highest BCUT2D eigenvalue weighted by Gasteiger charge is 2.11. The Balaban J connectivity index is 2.12. The molecule has 84 valence electrons. The van der Waals surface area contributed by atoms with Gasteiger partial charge in [0, 0.05) is 6.42 Å². The summed E-state index contributed by atoms with van der Waals surface area (Å²) in [6.45, 7) is 4.06. The van der Waals surface area contributed by atoms with Crippen LogP contribution in [0.2, 0.25) is 0 Å². The molecule has 3 heteroatoms. The smallest absolute Gasteiger partial charge is 0.202 e. The van der Waals surface area contributed by atoms with Gasteiger partial charge in [-0.25, -0.2) is 4.98 Å². The van der Waals surface area contributed by atoms with Crippen molar-refractivity contribution in [3.63, 3.8) is 0 Å². The minimum absolute atomic E-state index is 0.182. The number of rotatable bonds is 4. The van der Waals surface area contributed by atoms with Gasteiger partial charge in [0.2, 0.25) is 5.89 Å². The first-order valence-electron chi connectivity index (χ1n) is 5.51. The molecule has 0 bridgehead atoms. The van der Waals surface area contributed by atoms with Crippen molar-refractivity contribution in [3.05, 3.63) is 30.2 Å².